The summed E-state index contributed by atoms with van der Waals surface area (Å²) in [5, 5.41) is 10.4. The lowest BCUT2D eigenvalue weighted by Crippen LogP contribution is -2.31. The lowest BCUT2D eigenvalue weighted by Gasteiger charge is -2.23. The van der Waals surface area contributed by atoms with E-state index in [4.69, 9.17) is 9.47 Å². The van der Waals surface area contributed by atoms with Crippen molar-refractivity contribution >= 4 is 22.7 Å². The fraction of sp³-hybridized carbons (Fsp3) is 0.290. The molecule has 0 radical (unpaired) electrons. The molecule has 0 fully saturated rings. The molecule has 2 atom stereocenters. The van der Waals surface area contributed by atoms with Crippen LogP contribution in [0.3, 0.4) is 0 Å². The van der Waals surface area contributed by atoms with Gasteiger partial charge in [0.1, 0.15) is 6.04 Å². The van der Waals surface area contributed by atoms with Crippen LogP contribution in [0.1, 0.15) is 67.2 Å². The van der Waals surface area contributed by atoms with Crippen LogP contribution in [-0.2, 0) is 17.0 Å². The summed E-state index contributed by atoms with van der Waals surface area (Å²) < 4.78 is 14.1. The molecule has 5 rings (SSSR count). The van der Waals surface area contributed by atoms with Crippen LogP contribution in [0, 0.1) is 5.92 Å². The quantitative estimate of drug-likeness (QED) is 0.273. The van der Waals surface area contributed by atoms with Crippen molar-refractivity contribution in [2.75, 3.05) is 0 Å². The van der Waals surface area contributed by atoms with Crippen molar-refractivity contribution in [1.82, 2.24) is 4.57 Å². The Labute approximate surface area is 216 Å². The van der Waals surface area contributed by atoms with Crippen molar-refractivity contribution in [1.29, 1.82) is 0 Å². The minimum Gasteiger partial charge on any atom is -0.480 e. The molecule has 1 N–H and O–H groups in total. The fourth-order valence-electron chi connectivity index (χ4n) is 5.08. The summed E-state index contributed by atoms with van der Waals surface area (Å²) in [6.07, 6.45) is 3.07. The Morgan fingerprint density at radius 1 is 0.973 bits per heavy atom. The molecule has 6 heteroatoms. The van der Waals surface area contributed by atoms with E-state index in [9.17, 15) is 14.7 Å². The van der Waals surface area contributed by atoms with E-state index < -0.39 is 17.8 Å². The number of ketones is 1. The molecule has 3 aromatic carbocycles. The number of carboxylic acid groups (broad SMARTS) is 1. The Hall–Kier alpha value is -4.06. The molecule has 0 aliphatic carbocycles. The number of hydrogen-bond acceptors (Lipinski definition) is 4. The number of carbonyl (C=O) groups is 2. The van der Waals surface area contributed by atoms with Gasteiger partial charge in [0.25, 0.3) is 5.79 Å². The van der Waals surface area contributed by atoms with Crippen molar-refractivity contribution in [3.8, 4) is 11.5 Å². The fourth-order valence-corrected chi connectivity index (χ4v) is 5.08. The van der Waals surface area contributed by atoms with Gasteiger partial charge in [-0.15, -0.1) is 0 Å². The molecule has 0 saturated carbocycles. The molecule has 1 aliphatic heterocycles. The Morgan fingerprint density at radius 3 is 2.35 bits per heavy atom. The van der Waals surface area contributed by atoms with Crippen LogP contribution < -0.4 is 9.47 Å². The maximum atomic E-state index is 13.7. The van der Waals surface area contributed by atoms with Gasteiger partial charge >= 0.3 is 5.97 Å². The molecule has 190 valence electrons. The number of ether oxygens (including phenoxy) is 2. The van der Waals surface area contributed by atoms with Crippen LogP contribution in [0.4, 0.5) is 0 Å². The van der Waals surface area contributed by atoms with Crippen molar-refractivity contribution in [2.45, 2.75) is 52.4 Å². The van der Waals surface area contributed by atoms with Crippen molar-refractivity contribution in [3.63, 3.8) is 0 Å². The van der Waals surface area contributed by atoms with Crippen LogP contribution >= 0.6 is 0 Å². The first-order valence-corrected chi connectivity index (χ1v) is 12.7. The number of carboxylic acids is 1. The molecule has 0 saturated heterocycles. The van der Waals surface area contributed by atoms with Crippen LogP contribution in [0.15, 0.2) is 72.9 Å². The zero-order valence-corrected chi connectivity index (χ0v) is 21.5. The monoisotopic (exact) mass is 497 g/mol. The minimum atomic E-state index is -0.994. The molecule has 0 amide bonds. The van der Waals surface area contributed by atoms with E-state index in [0.717, 1.165) is 17.4 Å². The molecule has 0 bridgehead atoms. The van der Waals surface area contributed by atoms with Gasteiger partial charge in [-0.25, -0.2) is 4.79 Å². The first-order valence-electron chi connectivity index (χ1n) is 12.7. The number of carbonyl (C=O) groups excluding carboxylic acids is 1. The molecule has 6 nitrogen and oxygen atoms in total. The van der Waals surface area contributed by atoms with Gasteiger partial charge in [-0.05, 0) is 48.6 Å². The zero-order chi connectivity index (χ0) is 26.3. The number of aromatic nitrogens is 1. The van der Waals surface area contributed by atoms with Crippen LogP contribution in [-0.4, -0.2) is 21.4 Å². The lowest BCUT2D eigenvalue weighted by molar-refractivity contribution is -0.140. The van der Waals surface area contributed by atoms with Crippen molar-refractivity contribution in [2.24, 2.45) is 5.92 Å². The predicted octanol–water partition coefficient (Wildman–Crippen LogP) is 6.75. The van der Waals surface area contributed by atoms with E-state index >= 15 is 0 Å². The maximum absolute atomic E-state index is 13.7. The van der Waals surface area contributed by atoms with Crippen LogP contribution in [0.2, 0.25) is 0 Å². The van der Waals surface area contributed by atoms with E-state index in [2.05, 4.69) is 26.0 Å². The van der Waals surface area contributed by atoms with Crippen LogP contribution in [0.5, 0.6) is 11.5 Å². The minimum absolute atomic E-state index is 0.201. The average molecular weight is 498 g/mol. The predicted molar refractivity (Wildman–Crippen MR) is 142 cm³/mol. The standard InChI is InChI=1S/C31H31NO5/c1-5-25(30(34)35)32-18-24(23-8-6-7-9-26(23)32)29(33)21-12-15-27-28(17-21)37-31(4,36-27)22-13-10-20(11-14-22)16-19(2)3/h6-15,17-19,25H,5,16H2,1-4H3,(H,34,35). The SMILES string of the molecule is CCC(C(=O)O)n1cc(C(=O)c2ccc3c(c2)OC(C)(c2ccc(CC(C)C)cc2)O3)c2ccccc21. The third kappa shape index (κ3) is 4.48. The summed E-state index contributed by atoms with van der Waals surface area (Å²) in [5.41, 5.74) is 3.78. The topological polar surface area (TPSA) is 77.8 Å². The number of para-hydroxylation sites is 1. The number of benzene rings is 3. The van der Waals surface area contributed by atoms with Gasteiger partial charge in [0, 0.05) is 40.7 Å². The lowest BCUT2D eigenvalue weighted by atomic mass is 9.99. The second-order valence-electron chi connectivity index (χ2n) is 10.2. The molecule has 1 aliphatic rings. The van der Waals surface area contributed by atoms with E-state index in [-0.39, 0.29) is 5.78 Å². The van der Waals surface area contributed by atoms with Gasteiger partial charge in [0.05, 0.1) is 0 Å². The van der Waals surface area contributed by atoms with E-state index in [1.807, 2.05) is 50.2 Å². The Kier molecular flexibility index (Phi) is 6.28. The maximum Gasteiger partial charge on any atom is 0.326 e. The van der Waals surface area contributed by atoms with Gasteiger partial charge in [0.15, 0.2) is 17.3 Å². The first-order chi connectivity index (χ1) is 17.7. The number of rotatable bonds is 8. The van der Waals surface area contributed by atoms with Crippen molar-refractivity contribution < 1.29 is 24.2 Å². The molecule has 2 heterocycles. The zero-order valence-electron chi connectivity index (χ0n) is 21.5. The molecule has 0 spiro atoms. The summed E-state index contributed by atoms with van der Waals surface area (Å²) in [4.78, 5) is 25.5. The van der Waals surface area contributed by atoms with E-state index in [1.54, 1.807) is 29.0 Å². The van der Waals surface area contributed by atoms with Crippen molar-refractivity contribution in [3.05, 3.63) is 95.2 Å². The largest absolute Gasteiger partial charge is 0.480 e. The van der Waals surface area contributed by atoms with Gasteiger partial charge < -0.3 is 19.1 Å². The third-order valence-corrected chi connectivity index (χ3v) is 6.93. The summed E-state index contributed by atoms with van der Waals surface area (Å²) in [6.45, 7) is 8.08. The number of hydrogen-bond donors (Lipinski definition) is 1. The summed E-state index contributed by atoms with van der Waals surface area (Å²) in [6, 6.07) is 20.1. The summed E-state index contributed by atoms with van der Waals surface area (Å²) in [5.74, 6) is -0.474. The normalized spacial score (nSPS) is 17.3. The molecule has 1 aromatic heterocycles. The Bertz CT molecular complexity index is 1480. The van der Waals surface area contributed by atoms with E-state index in [1.165, 1.54) is 5.56 Å². The van der Waals surface area contributed by atoms with Gasteiger partial charge in [-0.3, -0.25) is 4.79 Å². The van der Waals surface area contributed by atoms with Gasteiger partial charge in [-0.2, -0.15) is 0 Å². The number of aliphatic carboxylic acids is 1. The second-order valence-corrected chi connectivity index (χ2v) is 10.2. The number of fused-ring (bicyclic) bond motifs is 2. The molecular weight excluding hydrogens is 466 g/mol. The molecule has 2 unspecified atom stereocenters. The summed E-state index contributed by atoms with van der Waals surface area (Å²) in [7, 11) is 0. The third-order valence-electron chi connectivity index (χ3n) is 6.93. The molecule has 37 heavy (non-hydrogen) atoms. The average Bonchev–Trinajstić information content (AvgIpc) is 3.42. The Balaban J connectivity index is 1.45. The highest BCUT2D eigenvalue weighted by molar-refractivity contribution is 6.16. The van der Waals surface area contributed by atoms with E-state index in [0.29, 0.717) is 40.5 Å². The molecule has 4 aromatic rings. The number of nitrogens with zero attached hydrogens (tertiary/aromatic N) is 1. The summed E-state index contributed by atoms with van der Waals surface area (Å²) >= 11 is 0. The molecular formula is C31H31NO5. The smallest absolute Gasteiger partial charge is 0.326 e. The highest BCUT2D eigenvalue weighted by atomic mass is 16.7. The Morgan fingerprint density at radius 2 is 1.68 bits per heavy atom. The first kappa shape index (κ1) is 24.6. The highest BCUT2D eigenvalue weighted by Crippen LogP contribution is 2.45. The van der Waals surface area contributed by atoms with Gasteiger partial charge in [-0.1, -0.05) is 63.2 Å². The highest BCUT2D eigenvalue weighted by Gasteiger charge is 2.39. The second kappa shape index (κ2) is 9.43. The van der Waals surface area contributed by atoms with Gasteiger partial charge in [0.2, 0.25) is 0 Å². The van der Waals surface area contributed by atoms with Crippen LogP contribution in [0.25, 0.3) is 10.9 Å².